The van der Waals surface area contributed by atoms with E-state index in [1.807, 2.05) is 72.8 Å². The highest BCUT2D eigenvalue weighted by atomic mass is 16.5. The summed E-state index contributed by atoms with van der Waals surface area (Å²) in [5.41, 5.74) is 2.29. The Balaban J connectivity index is 1.42. The number of nitrogens with one attached hydrogen (secondary N) is 1. The van der Waals surface area contributed by atoms with Crippen LogP contribution in [0.2, 0.25) is 0 Å². The van der Waals surface area contributed by atoms with E-state index >= 15 is 0 Å². The lowest BCUT2D eigenvalue weighted by atomic mass is 10.1. The molecule has 0 radical (unpaired) electrons. The minimum Gasteiger partial charge on any atom is -0.497 e. The summed E-state index contributed by atoms with van der Waals surface area (Å²) in [6, 6.07) is 22.3. The van der Waals surface area contributed by atoms with Crippen LogP contribution in [0.15, 0.2) is 72.8 Å². The molecule has 4 rings (SSSR count). The molecule has 0 atom stereocenters. The lowest BCUT2D eigenvalue weighted by Gasteiger charge is -2.30. The fraction of sp³-hybridized carbons (Fsp3) is 0.208. The molecule has 0 spiro atoms. The first kappa shape index (κ1) is 19.8. The molecule has 0 aromatic heterocycles. The second-order valence-corrected chi connectivity index (χ2v) is 6.87. The summed E-state index contributed by atoms with van der Waals surface area (Å²) >= 11 is 0. The average molecular weight is 404 g/mol. The summed E-state index contributed by atoms with van der Waals surface area (Å²) in [5, 5.41) is 2.97. The van der Waals surface area contributed by atoms with Gasteiger partial charge < -0.3 is 24.4 Å². The number of amides is 1. The summed E-state index contributed by atoms with van der Waals surface area (Å²) in [4.78, 5) is 15.1. The second kappa shape index (κ2) is 9.33. The predicted molar refractivity (Wildman–Crippen MR) is 117 cm³/mol. The van der Waals surface area contributed by atoms with Crippen molar-refractivity contribution < 1.29 is 19.0 Å². The molecule has 1 heterocycles. The lowest BCUT2D eigenvalue weighted by Crippen LogP contribution is -2.37. The second-order valence-electron chi connectivity index (χ2n) is 6.87. The molecule has 1 aliphatic rings. The van der Waals surface area contributed by atoms with Gasteiger partial charge >= 0.3 is 0 Å². The fourth-order valence-corrected chi connectivity index (χ4v) is 3.33. The zero-order valence-electron chi connectivity index (χ0n) is 16.8. The molecule has 1 amide bonds. The van der Waals surface area contributed by atoms with Crippen LogP contribution < -0.4 is 19.7 Å². The van der Waals surface area contributed by atoms with Crippen LogP contribution in [0.25, 0.3) is 0 Å². The standard InChI is InChI=1S/C24H24N2O4/c1-28-19-10-12-21(13-11-19)30-20-8-6-18(7-9-20)25-24(27)22-4-2-3-5-23(22)26-14-16-29-17-15-26/h2-13H,14-17H2,1H3,(H,25,27). The van der Waals surface area contributed by atoms with Gasteiger partial charge in [-0.15, -0.1) is 0 Å². The van der Waals surface area contributed by atoms with Crippen LogP contribution in [0.1, 0.15) is 10.4 Å². The van der Waals surface area contributed by atoms with Crippen LogP contribution in [0.4, 0.5) is 11.4 Å². The van der Waals surface area contributed by atoms with Crippen molar-refractivity contribution >= 4 is 17.3 Å². The summed E-state index contributed by atoms with van der Waals surface area (Å²) in [6.07, 6.45) is 0. The Bertz CT molecular complexity index is 981. The number of para-hydroxylation sites is 1. The van der Waals surface area contributed by atoms with E-state index in [-0.39, 0.29) is 5.91 Å². The maximum atomic E-state index is 12.9. The van der Waals surface area contributed by atoms with Crippen molar-refractivity contribution in [2.45, 2.75) is 0 Å². The number of carbonyl (C=O) groups is 1. The molecule has 1 N–H and O–H groups in total. The number of morpholine rings is 1. The Morgan fingerprint density at radius 2 is 1.47 bits per heavy atom. The molecule has 6 heteroatoms. The molecular weight excluding hydrogens is 380 g/mol. The van der Waals surface area contributed by atoms with Crippen molar-refractivity contribution in [1.82, 2.24) is 0 Å². The number of rotatable bonds is 6. The number of hydrogen-bond donors (Lipinski definition) is 1. The van der Waals surface area contributed by atoms with Gasteiger partial charge in [0.25, 0.3) is 5.91 Å². The third-order valence-corrected chi connectivity index (χ3v) is 4.91. The van der Waals surface area contributed by atoms with Gasteiger partial charge in [0.1, 0.15) is 17.2 Å². The maximum Gasteiger partial charge on any atom is 0.257 e. The van der Waals surface area contributed by atoms with Crippen molar-refractivity contribution in [1.29, 1.82) is 0 Å². The lowest BCUT2D eigenvalue weighted by molar-refractivity contribution is 0.102. The van der Waals surface area contributed by atoms with Gasteiger partial charge in [0, 0.05) is 24.5 Å². The van der Waals surface area contributed by atoms with Gasteiger partial charge in [-0.3, -0.25) is 4.79 Å². The summed E-state index contributed by atoms with van der Waals surface area (Å²) in [7, 11) is 1.63. The molecule has 0 unspecified atom stereocenters. The van der Waals surface area contributed by atoms with Crippen LogP contribution in [0.3, 0.4) is 0 Å². The van der Waals surface area contributed by atoms with Crippen molar-refractivity contribution in [2.75, 3.05) is 43.6 Å². The SMILES string of the molecule is COc1ccc(Oc2ccc(NC(=O)c3ccccc3N3CCOCC3)cc2)cc1. The van der Waals surface area contributed by atoms with Crippen LogP contribution in [-0.2, 0) is 4.74 Å². The molecule has 1 fully saturated rings. The van der Waals surface area contributed by atoms with E-state index in [4.69, 9.17) is 14.2 Å². The van der Waals surface area contributed by atoms with Gasteiger partial charge in [-0.25, -0.2) is 0 Å². The number of hydrogen-bond acceptors (Lipinski definition) is 5. The van der Waals surface area contributed by atoms with Gasteiger partial charge in [0.2, 0.25) is 0 Å². The van der Waals surface area contributed by atoms with Crippen molar-refractivity contribution in [3.63, 3.8) is 0 Å². The third-order valence-electron chi connectivity index (χ3n) is 4.91. The molecule has 3 aromatic carbocycles. The highest BCUT2D eigenvalue weighted by Crippen LogP contribution is 2.26. The molecular formula is C24H24N2O4. The van der Waals surface area contributed by atoms with E-state index in [1.54, 1.807) is 7.11 Å². The molecule has 0 saturated carbocycles. The van der Waals surface area contributed by atoms with E-state index in [1.165, 1.54) is 0 Å². The molecule has 30 heavy (non-hydrogen) atoms. The normalized spacial score (nSPS) is 13.6. The van der Waals surface area contributed by atoms with E-state index in [9.17, 15) is 4.79 Å². The maximum absolute atomic E-state index is 12.9. The van der Waals surface area contributed by atoms with Crippen molar-refractivity contribution in [2.24, 2.45) is 0 Å². The van der Waals surface area contributed by atoms with E-state index in [2.05, 4.69) is 10.2 Å². The Kier molecular flexibility index (Phi) is 6.15. The van der Waals surface area contributed by atoms with Gasteiger partial charge in [-0.1, -0.05) is 12.1 Å². The molecule has 1 saturated heterocycles. The number of ether oxygens (including phenoxy) is 3. The van der Waals surface area contributed by atoms with Gasteiger partial charge in [-0.2, -0.15) is 0 Å². The summed E-state index contributed by atoms with van der Waals surface area (Å²) in [6.45, 7) is 2.90. The first-order valence-corrected chi connectivity index (χ1v) is 9.88. The fourth-order valence-electron chi connectivity index (χ4n) is 3.33. The van der Waals surface area contributed by atoms with E-state index in [0.717, 1.165) is 24.5 Å². The number of benzene rings is 3. The average Bonchev–Trinajstić information content (AvgIpc) is 2.81. The molecule has 0 aliphatic carbocycles. The molecule has 1 aliphatic heterocycles. The van der Waals surface area contributed by atoms with Crippen LogP contribution >= 0.6 is 0 Å². The molecule has 3 aromatic rings. The Labute approximate surface area is 176 Å². The monoisotopic (exact) mass is 404 g/mol. The van der Waals surface area contributed by atoms with Crippen LogP contribution in [-0.4, -0.2) is 39.3 Å². The Morgan fingerprint density at radius 3 is 2.13 bits per heavy atom. The minimum absolute atomic E-state index is 0.138. The number of methoxy groups -OCH3 is 1. The minimum atomic E-state index is -0.138. The first-order chi connectivity index (χ1) is 14.7. The smallest absolute Gasteiger partial charge is 0.257 e. The zero-order chi connectivity index (χ0) is 20.8. The quantitative estimate of drug-likeness (QED) is 0.652. The van der Waals surface area contributed by atoms with Crippen LogP contribution in [0.5, 0.6) is 17.2 Å². The van der Waals surface area contributed by atoms with Gasteiger partial charge in [-0.05, 0) is 60.7 Å². The van der Waals surface area contributed by atoms with E-state index < -0.39 is 0 Å². The summed E-state index contributed by atoms with van der Waals surface area (Å²) in [5.74, 6) is 2.04. The zero-order valence-corrected chi connectivity index (χ0v) is 16.8. The highest BCUT2D eigenvalue weighted by Gasteiger charge is 2.18. The number of carbonyl (C=O) groups excluding carboxylic acids is 1. The predicted octanol–water partition coefficient (Wildman–Crippen LogP) is 4.58. The van der Waals surface area contributed by atoms with Crippen LogP contribution in [0, 0.1) is 0 Å². The van der Waals surface area contributed by atoms with E-state index in [0.29, 0.717) is 36.0 Å². The molecule has 0 bridgehead atoms. The number of nitrogens with zero attached hydrogens (tertiary/aromatic N) is 1. The Morgan fingerprint density at radius 1 is 0.867 bits per heavy atom. The largest absolute Gasteiger partial charge is 0.497 e. The highest BCUT2D eigenvalue weighted by molar-refractivity contribution is 6.08. The van der Waals surface area contributed by atoms with Gasteiger partial charge in [0.05, 0.1) is 25.9 Å². The summed E-state index contributed by atoms with van der Waals surface area (Å²) < 4.78 is 16.4. The van der Waals surface area contributed by atoms with Crippen molar-refractivity contribution in [3.8, 4) is 17.2 Å². The van der Waals surface area contributed by atoms with Gasteiger partial charge in [0.15, 0.2) is 0 Å². The first-order valence-electron chi connectivity index (χ1n) is 9.88. The third kappa shape index (κ3) is 4.72. The molecule has 6 nitrogen and oxygen atoms in total. The number of anilines is 2. The molecule has 154 valence electrons. The topological polar surface area (TPSA) is 60.0 Å². The van der Waals surface area contributed by atoms with Crippen molar-refractivity contribution in [3.05, 3.63) is 78.4 Å². The Hall–Kier alpha value is -3.51.